The van der Waals surface area contributed by atoms with E-state index in [2.05, 4.69) is 80.0 Å². The average Bonchev–Trinajstić information content (AvgIpc) is 2.73. The maximum atomic E-state index is 12.4. The van der Waals surface area contributed by atoms with E-state index in [9.17, 15) is 9.59 Å². The fourth-order valence-electron chi connectivity index (χ4n) is 3.96. The van der Waals surface area contributed by atoms with E-state index in [4.69, 9.17) is 0 Å². The van der Waals surface area contributed by atoms with Crippen LogP contribution in [0.25, 0.3) is 28.6 Å². The molecule has 0 fully saturated rings. The number of nitrogens with one attached hydrogen (secondary N) is 1. The monoisotopic (exact) mass is 510 g/mol. The molecule has 1 N–H and O–H groups in total. The average molecular weight is 510 g/mol. The van der Waals surface area contributed by atoms with Gasteiger partial charge in [0.25, 0.3) is 5.56 Å². The third-order valence-corrected chi connectivity index (χ3v) is 6.43. The summed E-state index contributed by atoms with van der Waals surface area (Å²) in [6, 6.07) is 12.8. The van der Waals surface area contributed by atoms with Gasteiger partial charge in [-0.25, -0.2) is 9.78 Å². The van der Waals surface area contributed by atoms with Crippen LogP contribution in [0.3, 0.4) is 0 Å². The van der Waals surface area contributed by atoms with Gasteiger partial charge in [0.2, 0.25) is 0 Å². The molecule has 0 saturated heterocycles. The Hall–Kier alpha value is -2.81. The van der Waals surface area contributed by atoms with Crippen molar-refractivity contribution >= 4 is 39.7 Å². The minimum absolute atomic E-state index is 0.198. The lowest BCUT2D eigenvalue weighted by Gasteiger charge is -2.17. The van der Waals surface area contributed by atoms with E-state index in [-0.39, 0.29) is 5.69 Å². The fraction of sp³-hybridized carbons (Fsp3) is 0.217. The number of fused-ring (bicyclic) bond motifs is 7. The quantitative estimate of drug-likeness (QED) is 0.289. The highest BCUT2D eigenvalue weighted by Gasteiger charge is 2.19. The Kier molecular flexibility index (Phi) is 4.98. The summed E-state index contributed by atoms with van der Waals surface area (Å²) in [4.78, 5) is 35.2. The van der Waals surface area contributed by atoms with Crippen molar-refractivity contribution in [2.45, 2.75) is 32.2 Å². The normalized spacial score (nSPS) is 15.4. The summed E-state index contributed by atoms with van der Waals surface area (Å²) in [5, 5.41) is 0. The van der Waals surface area contributed by atoms with Gasteiger partial charge < -0.3 is 4.57 Å². The third kappa shape index (κ3) is 3.58. The third-order valence-electron chi connectivity index (χ3n) is 5.49. The van der Waals surface area contributed by atoms with Crippen molar-refractivity contribution in [1.82, 2.24) is 19.5 Å². The second-order valence-corrected chi connectivity index (χ2v) is 8.69. The van der Waals surface area contributed by atoms with E-state index >= 15 is 0 Å². The number of aromatic nitrogens is 4. The van der Waals surface area contributed by atoms with E-state index in [1.165, 1.54) is 11.1 Å². The topological polar surface area (TPSA) is 80.6 Å². The number of allylic oxidation sites excluding steroid dienone is 1. The molecule has 7 heteroatoms. The summed E-state index contributed by atoms with van der Waals surface area (Å²) in [7, 11) is 0. The minimum atomic E-state index is -0.644. The lowest BCUT2D eigenvalue weighted by atomic mass is 10.0. The number of aryl methyl sites for hydroxylation is 3. The zero-order valence-electron chi connectivity index (χ0n) is 16.2. The predicted molar refractivity (Wildman–Crippen MR) is 126 cm³/mol. The van der Waals surface area contributed by atoms with Gasteiger partial charge >= 0.3 is 5.69 Å². The number of hydrogen-bond acceptors (Lipinski definition) is 4. The van der Waals surface area contributed by atoms with Crippen molar-refractivity contribution < 1.29 is 0 Å². The standard InChI is InChI=1S/C23H19IN4O2/c24-17-13-18-19-12-16(17)6-2-1-4-14-7-9-15(10-8-14)5-3-11-28(19)21-20(25-18)22(29)27-23(30)26-21/h2,6-10,12-13H,1,3-5,11H2,(H,27,29,30)/b6-2-. The number of H-pyrrole nitrogens is 1. The second kappa shape index (κ2) is 7.79. The van der Waals surface area contributed by atoms with Gasteiger partial charge in [0.05, 0.1) is 11.0 Å². The molecule has 0 saturated carbocycles. The van der Waals surface area contributed by atoms with E-state index in [1.807, 2.05) is 10.6 Å². The van der Waals surface area contributed by atoms with Crippen LogP contribution in [0.1, 0.15) is 29.5 Å². The van der Waals surface area contributed by atoms with Crippen LogP contribution in [0.15, 0.2) is 52.1 Å². The van der Waals surface area contributed by atoms with Gasteiger partial charge in [-0.15, -0.1) is 0 Å². The highest BCUT2D eigenvalue weighted by atomic mass is 127. The Balaban J connectivity index is 1.75. The fourth-order valence-corrected chi connectivity index (χ4v) is 4.59. The van der Waals surface area contributed by atoms with E-state index in [0.717, 1.165) is 45.9 Å². The van der Waals surface area contributed by atoms with Gasteiger partial charge in [-0.3, -0.25) is 9.78 Å². The molecule has 0 aromatic heterocycles. The smallest absolute Gasteiger partial charge is 0.322 e. The number of aromatic amines is 1. The molecular formula is C23H19IN4O2. The predicted octanol–water partition coefficient (Wildman–Crippen LogP) is 3.78. The van der Waals surface area contributed by atoms with Crippen LogP contribution >= 0.6 is 22.6 Å². The van der Waals surface area contributed by atoms with Gasteiger partial charge in [0.15, 0.2) is 11.5 Å². The number of benzene rings is 2. The van der Waals surface area contributed by atoms with Crippen LogP contribution in [0.4, 0.5) is 0 Å². The molecule has 2 aromatic rings. The molecule has 0 atom stereocenters. The molecule has 6 nitrogen and oxygen atoms in total. The van der Waals surface area contributed by atoms with Crippen molar-refractivity contribution in [2.75, 3.05) is 0 Å². The van der Waals surface area contributed by atoms with Crippen LogP contribution < -0.4 is 11.2 Å². The summed E-state index contributed by atoms with van der Waals surface area (Å²) >= 11 is 2.30. The minimum Gasteiger partial charge on any atom is -0.322 e. The first-order chi connectivity index (χ1) is 14.6. The van der Waals surface area contributed by atoms with Crippen LogP contribution in [0.2, 0.25) is 0 Å². The first kappa shape index (κ1) is 19.2. The Bertz CT molecular complexity index is 1370. The first-order valence-corrected chi connectivity index (χ1v) is 11.0. The molecule has 0 aliphatic carbocycles. The second-order valence-electron chi connectivity index (χ2n) is 7.53. The molecule has 30 heavy (non-hydrogen) atoms. The largest absolute Gasteiger partial charge is 0.349 e. The summed E-state index contributed by atoms with van der Waals surface area (Å²) in [6.45, 7) is 0.636. The molecule has 0 radical (unpaired) electrons. The van der Waals surface area contributed by atoms with Crippen molar-refractivity contribution in [2.24, 2.45) is 0 Å². The summed E-state index contributed by atoms with van der Waals surface area (Å²) in [6.07, 6.45) is 8.05. The maximum Gasteiger partial charge on any atom is 0.349 e. The first-order valence-electron chi connectivity index (χ1n) is 9.97. The number of halogens is 1. The van der Waals surface area contributed by atoms with Crippen molar-refractivity contribution in [3.05, 3.63) is 83.6 Å². The zero-order chi connectivity index (χ0) is 20.7. The summed E-state index contributed by atoms with van der Waals surface area (Å²) in [5.74, 6) is 0.340. The van der Waals surface area contributed by atoms with E-state index in [1.54, 1.807) is 0 Å². The molecule has 4 aliphatic rings. The van der Waals surface area contributed by atoms with Crippen molar-refractivity contribution in [3.8, 4) is 11.5 Å². The molecule has 0 amide bonds. The van der Waals surface area contributed by atoms with Crippen molar-refractivity contribution in [1.29, 1.82) is 0 Å². The molecule has 4 bridgehead atoms. The van der Waals surface area contributed by atoms with Crippen LogP contribution in [0.5, 0.6) is 0 Å². The Morgan fingerprint density at radius 2 is 1.77 bits per heavy atom. The SMILES string of the molecule is O=c1nc2n3c4cc(c(I)cc4nc-2c(=O)[nH]1)/C=C\CCc1ccc(cc1)CCC3. The van der Waals surface area contributed by atoms with Gasteiger partial charge in [-0.05, 0) is 77.1 Å². The number of hydrogen-bond donors (Lipinski definition) is 1. The Morgan fingerprint density at radius 3 is 2.57 bits per heavy atom. The molecule has 0 spiro atoms. The maximum absolute atomic E-state index is 12.4. The highest BCUT2D eigenvalue weighted by Crippen LogP contribution is 2.27. The molecule has 0 unspecified atom stereocenters. The molecule has 4 heterocycles. The zero-order valence-corrected chi connectivity index (χ0v) is 18.3. The van der Waals surface area contributed by atoms with E-state index < -0.39 is 11.2 Å². The highest BCUT2D eigenvalue weighted by molar-refractivity contribution is 14.1. The number of rotatable bonds is 0. The van der Waals surface area contributed by atoms with Crippen molar-refractivity contribution in [3.63, 3.8) is 0 Å². The lowest BCUT2D eigenvalue weighted by molar-refractivity contribution is 0.648. The van der Waals surface area contributed by atoms with Gasteiger partial charge in [-0.1, -0.05) is 36.4 Å². The molecule has 6 rings (SSSR count). The summed E-state index contributed by atoms with van der Waals surface area (Å²) < 4.78 is 3.03. The van der Waals surface area contributed by atoms with Crippen LogP contribution in [-0.2, 0) is 19.4 Å². The number of nitrogens with zero attached hydrogens (tertiary/aromatic N) is 3. The lowest BCUT2D eigenvalue weighted by Crippen LogP contribution is -2.29. The van der Waals surface area contributed by atoms with Crippen LogP contribution in [-0.4, -0.2) is 19.5 Å². The Morgan fingerprint density at radius 1 is 1.00 bits per heavy atom. The molecule has 150 valence electrons. The van der Waals surface area contributed by atoms with Crippen LogP contribution in [0, 0.1) is 3.57 Å². The van der Waals surface area contributed by atoms with Gasteiger partial charge in [-0.2, -0.15) is 4.98 Å². The van der Waals surface area contributed by atoms with E-state index in [0.29, 0.717) is 12.4 Å². The molecule has 2 aromatic carbocycles. The Labute approximate surface area is 186 Å². The molecular weight excluding hydrogens is 491 g/mol. The summed E-state index contributed by atoms with van der Waals surface area (Å²) in [5.41, 5.74) is 4.36. The van der Waals surface area contributed by atoms with Gasteiger partial charge in [0, 0.05) is 10.1 Å². The molecule has 4 aliphatic heterocycles. The van der Waals surface area contributed by atoms with Gasteiger partial charge in [0.1, 0.15) is 0 Å².